The van der Waals surface area contributed by atoms with Crippen LogP contribution in [-0.4, -0.2) is 50.0 Å². The van der Waals surface area contributed by atoms with E-state index in [0.717, 1.165) is 24.6 Å². The molecule has 0 bridgehead atoms. The monoisotopic (exact) mass is 496 g/mol. The van der Waals surface area contributed by atoms with Crippen molar-refractivity contribution in [2.24, 2.45) is 0 Å². The molecule has 0 aliphatic heterocycles. The van der Waals surface area contributed by atoms with Crippen LogP contribution in [0.5, 0.6) is 0 Å². The van der Waals surface area contributed by atoms with Gasteiger partial charge in [-0.2, -0.15) is 0 Å². The molecule has 0 fully saturated rings. The van der Waals surface area contributed by atoms with Gasteiger partial charge in [0.05, 0.1) is 31.7 Å². The molecule has 0 aliphatic rings. The smallest absolute Gasteiger partial charge is 0.169 e. The normalized spacial score (nSPS) is 11.0. The van der Waals surface area contributed by atoms with Crippen molar-refractivity contribution in [3.8, 4) is 0 Å². The number of aryl methyl sites for hydroxylation is 4. The van der Waals surface area contributed by atoms with Crippen LogP contribution in [0.2, 0.25) is 0 Å². The van der Waals surface area contributed by atoms with Crippen LogP contribution in [0.25, 0.3) is 0 Å². The first-order valence-electron chi connectivity index (χ1n) is 8.71. The Morgan fingerprint density at radius 3 is 1.17 bits per heavy atom. The van der Waals surface area contributed by atoms with Crippen molar-refractivity contribution >= 4 is 41.8 Å². The molecule has 0 unspecified atom stereocenters. The maximum atomic E-state index is 9.08. The summed E-state index contributed by atoms with van der Waals surface area (Å²) in [6.07, 6.45) is 9.83. The third-order valence-corrected chi connectivity index (χ3v) is 5.43. The van der Waals surface area contributed by atoms with E-state index < -0.39 is 20.2 Å². The molecule has 30 heavy (non-hydrogen) atoms. The summed E-state index contributed by atoms with van der Waals surface area (Å²) in [6, 6.07) is 8.63. The number of aromatic nitrogens is 2. The Morgan fingerprint density at radius 2 is 0.933 bits per heavy atom. The van der Waals surface area contributed by atoms with E-state index in [2.05, 4.69) is 72.0 Å². The quantitative estimate of drug-likeness (QED) is 0.243. The number of hydrogen-bond donors (Lipinski definition) is 0. The van der Waals surface area contributed by atoms with Gasteiger partial charge in [-0.05, 0) is 25.0 Å². The standard InChI is InChI=1S/C16H22N2S2.2CH4O3S/c1-15-3-7-17(8-4-15)11-13-19-20-14-12-18-9-5-16(2)6-10-18;2*1-5(2,3)4/h3-10H,11-14H2,1-2H3;2*1H3,(H,2,3,4)/q+2;;/p-2. The van der Waals surface area contributed by atoms with Crippen LogP contribution in [-0.2, 0) is 33.3 Å². The minimum Gasteiger partial charge on any atom is -0.748 e. The van der Waals surface area contributed by atoms with Crippen molar-refractivity contribution in [3.63, 3.8) is 0 Å². The lowest BCUT2D eigenvalue weighted by Crippen LogP contribution is -2.34. The van der Waals surface area contributed by atoms with E-state index in [1.165, 1.54) is 11.1 Å². The summed E-state index contributed by atoms with van der Waals surface area (Å²) >= 11 is 0. The van der Waals surface area contributed by atoms with E-state index in [1.54, 1.807) is 0 Å². The van der Waals surface area contributed by atoms with Gasteiger partial charge in [-0.1, -0.05) is 21.6 Å². The van der Waals surface area contributed by atoms with Gasteiger partial charge in [0.25, 0.3) is 0 Å². The first kappa shape index (κ1) is 28.8. The zero-order valence-electron chi connectivity index (χ0n) is 17.4. The fraction of sp³-hybridized carbons (Fsp3) is 0.444. The topological polar surface area (TPSA) is 122 Å². The zero-order chi connectivity index (χ0) is 23.2. The van der Waals surface area contributed by atoms with Gasteiger partial charge < -0.3 is 9.11 Å². The molecule has 0 N–H and O–H groups in total. The molecular formula is C18H28N2O6S4. The van der Waals surface area contributed by atoms with Crippen LogP contribution in [0.15, 0.2) is 49.1 Å². The first-order valence-corrected chi connectivity index (χ1v) is 14.8. The van der Waals surface area contributed by atoms with Gasteiger partial charge in [0.1, 0.15) is 0 Å². The number of hydrogen-bond acceptors (Lipinski definition) is 8. The Kier molecular flexibility index (Phi) is 14.2. The summed E-state index contributed by atoms with van der Waals surface area (Å²) in [6.45, 7) is 6.40. The molecule has 0 saturated heterocycles. The van der Waals surface area contributed by atoms with Gasteiger partial charge in [-0.3, -0.25) is 0 Å². The van der Waals surface area contributed by atoms with E-state index in [4.69, 9.17) is 25.9 Å². The van der Waals surface area contributed by atoms with Crippen molar-refractivity contribution in [3.05, 3.63) is 60.2 Å². The first-order chi connectivity index (χ1) is 13.7. The molecule has 0 atom stereocenters. The van der Waals surface area contributed by atoms with Gasteiger partial charge in [-0.25, -0.2) is 26.0 Å². The van der Waals surface area contributed by atoms with Gasteiger partial charge >= 0.3 is 0 Å². The molecule has 0 spiro atoms. The summed E-state index contributed by atoms with van der Waals surface area (Å²) in [5, 5.41) is 0. The highest BCUT2D eigenvalue weighted by molar-refractivity contribution is 8.76. The van der Waals surface area contributed by atoms with Crippen LogP contribution >= 0.6 is 21.6 Å². The number of rotatable bonds is 7. The van der Waals surface area contributed by atoms with Gasteiger partial charge in [0.15, 0.2) is 37.9 Å². The summed E-state index contributed by atoms with van der Waals surface area (Å²) < 4.78 is 58.9. The predicted molar refractivity (Wildman–Crippen MR) is 119 cm³/mol. The second-order valence-electron chi connectivity index (χ2n) is 6.28. The minimum atomic E-state index is -3.92. The molecule has 12 heteroatoms. The average Bonchev–Trinajstić information content (AvgIpc) is 2.58. The van der Waals surface area contributed by atoms with E-state index in [1.807, 2.05) is 21.6 Å². The fourth-order valence-corrected chi connectivity index (χ4v) is 3.73. The van der Waals surface area contributed by atoms with Crippen molar-refractivity contribution < 1.29 is 35.1 Å². The van der Waals surface area contributed by atoms with Crippen LogP contribution in [0, 0.1) is 13.8 Å². The molecule has 2 rings (SSSR count). The Labute approximate surface area is 187 Å². The van der Waals surface area contributed by atoms with Crippen LogP contribution < -0.4 is 9.13 Å². The Hall–Kier alpha value is -1.18. The SMILES string of the molecule is CS(=O)(=O)[O-].CS(=O)(=O)[O-].Cc1cc[n+](CCSSCC[n+]2ccc(C)cc2)cc1. The molecule has 2 aromatic heterocycles. The molecular weight excluding hydrogens is 468 g/mol. The maximum Gasteiger partial charge on any atom is 0.169 e. The molecule has 0 saturated carbocycles. The molecule has 170 valence electrons. The average molecular weight is 497 g/mol. The van der Waals surface area contributed by atoms with Gasteiger partial charge in [-0.15, -0.1) is 0 Å². The lowest BCUT2D eigenvalue weighted by atomic mass is 10.3. The Morgan fingerprint density at radius 1 is 0.700 bits per heavy atom. The van der Waals surface area contributed by atoms with E-state index in [0.29, 0.717) is 12.5 Å². The fourth-order valence-electron chi connectivity index (χ4n) is 1.77. The highest BCUT2D eigenvalue weighted by Crippen LogP contribution is 2.19. The molecule has 0 radical (unpaired) electrons. The van der Waals surface area contributed by atoms with Crippen LogP contribution in [0.4, 0.5) is 0 Å². The predicted octanol–water partition coefficient (Wildman–Crippen LogP) is 1.28. The third-order valence-electron chi connectivity index (χ3n) is 3.06. The molecule has 0 aromatic carbocycles. The molecule has 2 heterocycles. The van der Waals surface area contributed by atoms with Gasteiger partial charge in [0.2, 0.25) is 0 Å². The van der Waals surface area contributed by atoms with Crippen LogP contribution in [0.1, 0.15) is 11.1 Å². The molecule has 0 amide bonds. The van der Waals surface area contributed by atoms with Gasteiger partial charge in [0, 0.05) is 36.8 Å². The summed E-state index contributed by atoms with van der Waals surface area (Å²) in [4.78, 5) is 0. The third kappa shape index (κ3) is 23.1. The summed E-state index contributed by atoms with van der Waals surface area (Å²) in [5.41, 5.74) is 2.64. The van der Waals surface area contributed by atoms with Crippen molar-refractivity contribution in [1.82, 2.24) is 0 Å². The summed E-state index contributed by atoms with van der Waals surface area (Å²) in [5.74, 6) is 2.30. The Bertz CT molecular complexity index is 836. The van der Waals surface area contributed by atoms with E-state index in [9.17, 15) is 0 Å². The number of pyridine rings is 2. The van der Waals surface area contributed by atoms with Crippen LogP contribution in [0.3, 0.4) is 0 Å². The van der Waals surface area contributed by atoms with E-state index in [-0.39, 0.29) is 0 Å². The summed E-state index contributed by atoms with van der Waals surface area (Å²) in [7, 11) is -3.92. The second-order valence-corrected chi connectivity index (χ2v) is 11.8. The van der Waals surface area contributed by atoms with Crippen molar-refractivity contribution in [1.29, 1.82) is 0 Å². The molecule has 2 aromatic rings. The maximum absolute atomic E-state index is 9.08. The lowest BCUT2D eigenvalue weighted by molar-refractivity contribution is -0.692. The minimum absolute atomic E-state index is 0.604. The Balaban J connectivity index is 0.000000702. The lowest BCUT2D eigenvalue weighted by Gasteiger charge is -1.99. The zero-order valence-corrected chi connectivity index (χ0v) is 20.7. The van der Waals surface area contributed by atoms with Crippen molar-refractivity contribution in [2.75, 3.05) is 24.0 Å². The largest absolute Gasteiger partial charge is 0.748 e. The van der Waals surface area contributed by atoms with E-state index >= 15 is 0 Å². The molecule has 0 aliphatic carbocycles. The molecule has 8 nitrogen and oxygen atoms in total. The second kappa shape index (κ2) is 14.8. The number of nitrogens with zero attached hydrogens (tertiary/aromatic N) is 2. The highest BCUT2D eigenvalue weighted by atomic mass is 33.1. The van der Waals surface area contributed by atoms with Crippen molar-refractivity contribution in [2.45, 2.75) is 26.9 Å². The highest BCUT2D eigenvalue weighted by Gasteiger charge is 2.02.